The number of hydrogen-bond acceptors (Lipinski definition) is 8. The number of ether oxygens (including phenoxy) is 1. The minimum Gasteiger partial charge on any atom is -0.478 e. The van der Waals surface area contributed by atoms with Crippen molar-refractivity contribution in [2.75, 3.05) is 6.61 Å². The Morgan fingerprint density at radius 3 is 2.88 bits per heavy atom. The molecule has 0 aliphatic rings. The molecule has 0 aliphatic carbocycles. The molecule has 10 nitrogen and oxygen atoms in total. The highest BCUT2D eigenvalue weighted by molar-refractivity contribution is 5.91. The number of carbonyl (C=O) groups is 1. The molecule has 0 aromatic carbocycles. The number of amides is 1. The monoisotopic (exact) mass is 342 g/mol. The Kier molecular flexibility index (Phi) is 4.79. The number of H-pyrrole nitrogens is 1. The molecule has 0 saturated heterocycles. The standard InChI is InChI=1S/C15H14N6O4/c1-2-24-12-6-3-9(7-16-12)14-18-13(25-21-14)8-17-15(23)10-4-5-11(22)20-19-10/h3-7H,2,8H2,1H3,(H,17,23)(H,20,22). The van der Waals surface area contributed by atoms with E-state index in [0.717, 1.165) is 0 Å². The average Bonchev–Trinajstić information content (AvgIpc) is 3.10. The van der Waals surface area contributed by atoms with Gasteiger partial charge in [0.25, 0.3) is 11.5 Å². The highest BCUT2D eigenvalue weighted by Gasteiger charge is 2.12. The maximum Gasteiger partial charge on any atom is 0.272 e. The second-order valence-electron chi connectivity index (χ2n) is 4.82. The van der Waals surface area contributed by atoms with E-state index < -0.39 is 5.91 Å². The molecule has 2 N–H and O–H groups in total. The Labute approximate surface area is 141 Å². The number of nitrogens with zero attached hydrogens (tertiary/aromatic N) is 4. The highest BCUT2D eigenvalue weighted by atomic mass is 16.5. The third-order valence-corrected chi connectivity index (χ3v) is 3.07. The van der Waals surface area contributed by atoms with Crippen LogP contribution in [0.2, 0.25) is 0 Å². The summed E-state index contributed by atoms with van der Waals surface area (Å²) in [5, 5.41) is 12.2. The molecule has 25 heavy (non-hydrogen) atoms. The van der Waals surface area contributed by atoms with Gasteiger partial charge in [0.05, 0.1) is 13.2 Å². The predicted octanol–water partition coefficient (Wildman–Crippen LogP) is 0.544. The van der Waals surface area contributed by atoms with Gasteiger partial charge < -0.3 is 14.6 Å². The van der Waals surface area contributed by atoms with Crippen molar-refractivity contribution in [1.82, 2.24) is 30.6 Å². The Balaban J connectivity index is 1.62. The van der Waals surface area contributed by atoms with Gasteiger partial charge in [-0.1, -0.05) is 5.16 Å². The van der Waals surface area contributed by atoms with Crippen molar-refractivity contribution in [2.24, 2.45) is 0 Å². The molecule has 3 aromatic rings. The largest absolute Gasteiger partial charge is 0.478 e. The van der Waals surface area contributed by atoms with Gasteiger partial charge in [0.15, 0.2) is 0 Å². The molecule has 10 heteroatoms. The maximum absolute atomic E-state index is 11.9. The van der Waals surface area contributed by atoms with Crippen molar-refractivity contribution < 1.29 is 14.1 Å². The van der Waals surface area contributed by atoms with E-state index in [0.29, 0.717) is 23.9 Å². The van der Waals surface area contributed by atoms with Crippen LogP contribution < -0.4 is 15.6 Å². The van der Waals surface area contributed by atoms with Gasteiger partial charge >= 0.3 is 0 Å². The molecule has 0 unspecified atom stereocenters. The Hall–Kier alpha value is -3.56. The molecule has 0 bridgehead atoms. The van der Waals surface area contributed by atoms with E-state index >= 15 is 0 Å². The molecule has 3 aromatic heterocycles. The van der Waals surface area contributed by atoms with Gasteiger partial charge in [-0.15, -0.1) is 0 Å². The van der Waals surface area contributed by atoms with Gasteiger partial charge in [-0.2, -0.15) is 10.1 Å². The molecular weight excluding hydrogens is 328 g/mol. The number of hydrogen-bond donors (Lipinski definition) is 2. The molecule has 0 spiro atoms. The average molecular weight is 342 g/mol. The molecule has 0 radical (unpaired) electrons. The van der Waals surface area contributed by atoms with Gasteiger partial charge in [0, 0.05) is 23.9 Å². The zero-order chi connectivity index (χ0) is 17.6. The normalized spacial score (nSPS) is 10.4. The first-order valence-corrected chi connectivity index (χ1v) is 7.41. The SMILES string of the molecule is CCOc1ccc(-c2noc(CNC(=O)c3ccc(=O)[nH]n3)n2)cn1. The second kappa shape index (κ2) is 7.34. The molecule has 0 saturated carbocycles. The van der Waals surface area contributed by atoms with E-state index in [2.05, 4.69) is 30.6 Å². The minimum absolute atomic E-state index is 0.0249. The van der Waals surface area contributed by atoms with E-state index in [9.17, 15) is 9.59 Å². The van der Waals surface area contributed by atoms with Crippen LogP contribution in [0.4, 0.5) is 0 Å². The molecule has 0 atom stereocenters. The number of rotatable bonds is 6. The fraction of sp³-hybridized carbons (Fsp3) is 0.200. The second-order valence-corrected chi connectivity index (χ2v) is 4.82. The Bertz CT molecular complexity index is 898. The molecule has 128 valence electrons. The van der Waals surface area contributed by atoms with Crippen molar-refractivity contribution in [2.45, 2.75) is 13.5 Å². The van der Waals surface area contributed by atoms with Crippen molar-refractivity contribution in [3.63, 3.8) is 0 Å². The van der Waals surface area contributed by atoms with Crippen LogP contribution in [0.15, 0.2) is 39.8 Å². The number of pyridine rings is 1. The van der Waals surface area contributed by atoms with Gasteiger partial charge in [-0.05, 0) is 19.1 Å². The topological polar surface area (TPSA) is 136 Å². The lowest BCUT2D eigenvalue weighted by atomic mass is 10.3. The summed E-state index contributed by atoms with van der Waals surface area (Å²) in [5.74, 6) is 0.609. The maximum atomic E-state index is 11.9. The van der Waals surface area contributed by atoms with Crippen LogP contribution in [0.1, 0.15) is 23.3 Å². The summed E-state index contributed by atoms with van der Waals surface area (Å²) < 4.78 is 10.4. The number of carbonyl (C=O) groups excluding carboxylic acids is 1. The van der Waals surface area contributed by atoms with E-state index in [1.54, 1.807) is 18.3 Å². The van der Waals surface area contributed by atoms with Gasteiger partial charge in [-0.25, -0.2) is 10.1 Å². The number of nitrogens with one attached hydrogen (secondary N) is 2. The molecule has 0 fully saturated rings. The Morgan fingerprint density at radius 2 is 2.20 bits per heavy atom. The summed E-state index contributed by atoms with van der Waals surface area (Å²) in [4.78, 5) is 31.1. The van der Waals surface area contributed by atoms with Crippen LogP contribution in [-0.4, -0.2) is 37.8 Å². The van der Waals surface area contributed by atoms with Crippen LogP contribution in [0.25, 0.3) is 11.4 Å². The zero-order valence-corrected chi connectivity index (χ0v) is 13.2. The fourth-order valence-electron chi connectivity index (χ4n) is 1.91. The lowest BCUT2D eigenvalue weighted by Gasteiger charge is -2.01. The van der Waals surface area contributed by atoms with Crippen LogP contribution >= 0.6 is 0 Å². The molecule has 3 heterocycles. The van der Waals surface area contributed by atoms with Gasteiger partial charge in [0.1, 0.15) is 5.69 Å². The van der Waals surface area contributed by atoms with Crippen molar-refractivity contribution >= 4 is 5.91 Å². The molecule has 0 aliphatic heterocycles. The van der Waals surface area contributed by atoms with Crippen LogP contribution in [0, 0.1) is 0 Å². The summed E-state index contributed by atoms with van der Waals surface area (Å²) in [6, 6.07) is 6.00. The zero-order valence-electron chi connectivity index (χ0n) is 13.2. The van der Waals surface area contributed by atoms with E-state index in [1.807, 2.05) is 6.92 Å². The van der Waals surface area contributed by atoms with E-state index in [4.69, 9.17) is 9.26 Å². The molecular formula is C15H14N6O4. The van der Waals surface area contributed by atoms with Crippen molar-refractivity contribution in [3.8, 4) is 17.3 Å². The smallest absolute Gasteiger partial charge is 0.272 e. The molecule has 3 rings (SSSR count). The van der Waals surface area contributed by atoms with E-state index in [-0.39, 0.29) is 23.7 Å². The third-order valence-electron chi connectivity index (χ3n) is 3.07. The highest BCUT2D eigenvalue weighted by Crippen LogP contribution is 2.17. The van der Waals surface area contributed by atoms with Crippen molar-refractivity contribution in [1.29, 1.82) is 0 Å². The fourth-order valence-corrected chi connectivity index (χ4v) is 1.91. The summed E-state index contributed by atoms with van der Waals surface area (Å²) >= 11 is 0. The van der Waals surface area contributed by atoms with Gasteiger partial charge in [0.2, 0.25) is 17.6 Å². The summed E-state index contributed by atoms with van der Waals surface area (Å²) in [6.07, 6.45) is 1.57. The summed E-state index contributed by atoms with van der Waals surface area (Å²) in [7, 11) is 0. The van der Waals surface area contributed by atoms with Crippen LogP contribution in [0.3, 0.4) is 0 Å². The molecule has 1 amide bonds. The van der Waals surface area contributed by atoms with Crippen LogP contribution in [0.5, 0.6) is 5.88 Å². The van der Waals surface area contributed by atoms with Crippen LogP contribution in [-0.2, 0) is 6.54 Å². The van der Waals surface area contributed by atoms with E-state index in [1.165, 1.54) is 12.1 Å². The first-order chi connectivity index (χ1) is 12.2. The van der Waals surface area contributed by atoms with Gasteiger partial charge in [-0.3, -0.25) is 9.59 Å². The number of aromatic amines is 1. The first-order valence-electron chi connectivity index (χ1n) is 7.41. The lowest BCUT2D eigenvalue weighted by Crippen LogP contribution is -2.25. The lowest BCUT2D eigenvalue weighted by molar-refractivity contribution is 0.0940. The quantitative estimate of drug-likeness (QED) is 0.662. The minimum atomic E-state index is -0.473. The summed E-state index contributed by atoms with van der Waals surface area (Å²) in [5.41, 5.74) is 0.351. The predicted molar refractivity (Wildman–Crippen MR) is 84.7 cm³/mol. The van der Waals surface area contributed by atoms with Crippen molar-refractivity contribution in [3.05, 3.63) is 52.4 Å². The first kappa shape index (κ1) is 16.3. The summed E-state index contributed by atoms with van der Waals surface area (Å²) in [6.45, 7) is 2.43. The Morgan fingerprint density at radius 1 is 1.32 bits per heavy atom. The number of aromatic nitrogens is 5. The third kappa shape index (κ3) is 4.05.